The Morgan fingerprint density at radius 2 is 2.14 bits per heavy atom. The van der Waals surface area contributed by atoms with E-state index in [0.29, 0.717) is 11.4 Å². The van der Waals surface area contributed by atoms with Crippen LogP contribution in [0.15, 0.2) is 42.5 Å². The van der Waals surface area contributed by atoms with Gasteiger partial charge in [-0.3, -0.25) is 4.79 Å². The maximum atomic E-state index is 12.1. The molecule has 0 aromatic heterocycles. The predicted octanol–water partition coefficient (Wildman–Crippen LogP) is 3.88. The normalized spacial score (nSPS) is 13.2. The smallest absolute Gasteiger partial charge is 0.228 e. The Hall–Kier alpha value is -2.00. The van der Waals surface area contributed by atoms with Crippen LogP contribution in [0.1, 0.15) is 17.5 Å². The molecule has 1 aliphatic rings. The molecule has 0 fully saturated rings. The maximum Gasteiger partial charge on any atom is 0.228 e. The highest BCUT2D eigenvalue weighted by Gasteiger charge is 2.10. The number of amides is 1. The third-order valence-corrected chi connectivity index (χ3v) is 3.82. The van der Waals surface area contributed by atoms with Crippen LogP contribution in [0.5, 0.6) is 0 Å². The largest absolute Gasteiger partial charge is 0.385 e. The van der Waals surface area contributed by atoms with Gasteiger partial charge in [0.1, 0.15) is 0 Å². The number of hydrogen-bond acceptors (Lipinski definition) is 2. The van der Waals surface area contributed by atoms with Gasteiger partial charge in [-0.1, -0.05) is 23.7 Å². The fraction of sp³-hybridized carbons (Fsp3) is 0.235. The van der Waals surface area contributed by atoms with Crippen molar-refractivity contribution in [2.45, 2.75) is 19.3 Å². The first kappa shape index (κ1) is 14.0. The molecule has 0 spiro atoms. The van der Waals surface area contributed by atoms with E-state index < -0.39 is 0 Å². The molecule has 0 saturated carbocycles. The van der Waals surface area contributed by atoms with Crippen LogP contribution in [0.25, 0.3) is 0 Å². The monoisotopic (exact) mass is 300 g/mol. The SMILES string of the molecule is O=C(Cc1cccc(Cl)c1)Nc1ccc2c(c1)CCCN2. The van der Waals surface area contributed by atoms with Gasteiger partial charge in [0.15, 0.2) is 0 Å². The number of fused-ring (bicyclic) bond motifs is 1. The van der Waals surface area contributed by atoms with Crippen molar-refractivity contribution in [3.8, 4) is 0 Å². The van der Waals surface area contributed by atoms with Crippen molar-refractivity contribution in [2.24, 2.45) is 0 Å². The highest BCUT2D eigenvalue weighted by atomic mass is 35.5. The molecule has 1 amide bonds. The zero-order valence-corrected chi connectivity index (χ0v) is 12.4. The number of rotatable bonds is 3. The fourth-order valence-corrected chi connectivity index (χ4v) is 2.80. The van der Waals surface area contributed by atoms with Crippen LogP contribution < -0.4 is 10.6 Å². The van der Waals surface area contributed by atoms with Gasteiger partial charge >= 0.3 is 0 Å². The van der Waals surface area contributed by atoms with Gasteiger partial charge in [0.25, 0.3) is 0 Å². The lowest BCUT2D eigenvalue weighted by molar-refractivity contribution is -0.115. The molecule has 0 aliphatic carbocycles. The Morgan fingerprint density at radius 3 is 3.00 bits per heavy atom. The molecular weight excluding hydrogens is 284 g/mol. The Bertz CT molecular complexity index is 670. The second kappa shape index (κ2) is 6.19. The van der Waals surface area contributed by atoms with Gasteiger partial charge in [0, 0.05) is 22.9 Å². The molecule has 4 heteroatoms. The number of hydrogen-bond donors (Lipinski definition) is 2. The number of halogens is 1. The van der Waals surface area contributed by atoms with Crippen molar-refractivity contribution in [2.75, 3.05) is 17.2 Å². The number of nitrogens with one attached hydrogen (secondary N) is 2. The second-order valence-electron chi connectivity index (χ2n) is 5.26. The van der Waals surface area contributed by atoms with Gasteiger partial charge in [-0.05, 0) is 54.3 Å². The summed E-state index contributed by atoms with van der Waals surface area (Å²) in [5.41, 5.74) is 4.21. The average molecular weight is 301 g/mol. The summed E-state index contributed by atoms with van der Waals surface area (Å²) in [6.45, 7) is 1.02. The lowest BCUT2D eigenvalue weighted by Gasteiger charge is -2.18. The van der Waals surface area contributed by atoms with Crippen molar-refractivity contribution in [3.63, 3.8) is 0 Å². The molecular formula is C17H17ClN2O. The maximum absolute atomic E-state index is 12.1. The lowest BCUT2D eigenvalue weighted by Crippen LogP contribution is -2.16. The Kier molecular flexibility index (Phi) is 4.11. The molecule has 0 radical (unpaired) electrons. The van der Waals surface area contributed by atoms with E-state index in [1.165, 1.54) is 11.3 Å². The van der Waals surface area contributed by atoms with Crippen LogP contribution in [0.4, 0.5) is 11.4 Å². The number of carbonyl (C=O) groups is 1. The van der Waals surface area contributed by atoms with Crippen LogP contribution in [0, 0.1) is 0 Å². The highest BCUT2D eigenvalue weighted by Crippen LogP contribution is 2.25. The molecule has 3 nitrogen and oxygen atoms in total. The van der Waals surface area contributed by atoms with Gasteiger partial charge in [0.2, 0.25) is 5.91 Å². The molecule has 2 aromatic rings. The van der Waals surface area contributed by atoms with Crippen molar-refractivity contribution in [1.82, 2.24) is 0 Å². The van der Waals surface area contributed by atoms with E-state index in [9.17, 15) is 4.79 Å². The van der Waals surface area contributed by atoms with E-state index in [0.717, 1.165) is 30.6 Å². The Balaban J connectivity index is 1.67. The predicted molar refractivity (Wildman–Crippen MR) is 87.0 cm³/mol. The van der Waals surface area contributed by atoms with Crippen molar-refractivity contribution >= 4 is 28.9 Å². The standard InChI is InChI=1S/C17H17ClN2O/c18-14-5-1-3-12(9-14)10-17(21)20-15-6-7-16-13(11-15)4-2-8-19-16/h1,3,5-7,9,11,19H,2,4,8,10H2,(H,20,21). The number of anilines is 2. The first-order valence-electron chi connectivity index (χ1n) is 7.12. The highest BCUT2D eigenvalue weighted by molar-refractivity contribution is 6.30. The topological polar surface area (TPSA) is 41.1 Å². The average Bonchev–Trinajstić information content (AvgIpc) is 2.47. The van der Waals surface area contributed by atoms with Crippen molar-refractivity contribution in [1.29, 1.82) is 0 Å². The molecule has 3 rings (SSSR count). The van der Waals surface area contributed by atoms with E-state index in [1.54, 1.807) is 6.07 Å². The molecule has 1 aliphatic heterocycles. The summed E-state index contributed by atoms with van der Waals surface area (Å²) in [5.74, 6) is -0.0269. The van der Waals surface area contributed by atoms with E-state index in [-0.39, 0.29) is 5.91 Å². The third-order valence-electron chi connectivity index (χ3n) is 3.58. The Morgan fingerprint density at radius 1 is 1.24 bits per heavy atom. The first-order valence-corrected chi connectivity index (χ1v) is 7.49. The van der Waals surface area contributed by atoms with Gasteiger partial charge < -0.3 is 10.6 Å². The zero-order chi connectivity index (χ0) is 14.7. The summed E-state index contributed by atoms with van der Waals surface area (Å²) in [5, 5.41) is 6.96. The minimum atomic E-state index is -0.0269. The molecule has 21 heavy (non-hydrogen) atoms. The summed E-state index contributed by atoms with van der Waals surface area (Å²) < 4.78 is 0. The van der Waals surface area contributed by atoms with E-state index in [2.05, 4.69) is 16.7 Å². The molecule has 0 atom stereocenters. The number of benzene rings is 2. The molecule has 1 heterocycles. The molecule has 2 N–H and O–H groups in total. The van der Waals surface area contributed by atoms with Crippen LogP contribution in [-0.4, -0.2) is 12.5 Å². The fourth-order valence-electron chi connectivity index (χ4n) is 2.59. The summed E-state index contributed by atoms with van der Waals surface area (Å²) in [6.07, 6.45) is 2.52. The zero-order valence-electron chi connectivity index (χ0n) is 11.7. The van der Waals surface area contributed by atoms with Gasteiger partial charge in [0.05, 0.1) is 6.42 Å². The molecule has 0 unspecified atom stereocenters. The summed E-state index contributed by atoms with van der Waals surface area (Å²) in [6, 6.07) is 13.4. The van der Waals surface area contributed by atoms with E-state index in [1.807, 2.05) is 30.3 Å². The molecule has 0 bridgehead atoms. The van der Waals surface area contributed by atoms with E-state index in [4.69, 9.17) is 11.6 Å². The molecule has 108 valence electrons. The molecule has 0 saturated heterocycles. The lowest BCUT2D eigenvalue weighted by atomic mass is 10.0. The minimum absolute atomic E-state index is 0.0269. The second-order valence-corrected chi connectivity index (χ2v) is 5.69. The van der Waals surface area contributed by atoms with Gasteiger partial charge in [-0.15, -0.1) is 0 Å². The van der Waals surface area contributed by atoms with Crippen molar-refractivity contribution < 1.29 is 4.79 Å². The van der Waals surface area contributed by atoms with Crippen LogP contribution in [-0.2, 0) is 17.6 Å². The molecule has 2 aromatic carbocycles. The quantitative estimate of drug-likeness (QED) is 0.903. The van der Waals surface area contributed by atoms with Crippen molar-refractivity contribution in [3.05, 3.63) is 58.6 Å². The van der Waals surface area contributed by atoms with Crippen LogP contribution in [0.3, 0.4) is 0 Å². The van der Waals surface area contributed by atoms with Gasteiger partial charge in [-0.2, -0.15) is 0 Å². The Labute approximate surface area is 129 Å². The summed E-state index contributed by atoms with van der Waals surface area (Å²) in [4.78, 5) is 12.1. The summed E-state index contributed by atoms with van der Waals surface area (Å²) >= 11 is 5.93. The van der Waals surface area contributed by atoms with E-state index >= 15 is 0 Å². The summed E-state index contributed by atoms with van der Waals surface area (Å²) in [7, 11) is 0. The number of aryl methyl sites for hydroxylation is 1. The van der Waals surface area contributed by atoms with Gasteiger partial charge in [-0.25, -0.2) is 0 Å². The third kappa shape index (κ3) is 3.56. The van der Waals surface area contributed by atoms with Crippen LogP contribution in [0.2, 0.25) is 5.02 Å². The van der Waals surface area contributed by atoms with Crippen LogP contribution >= 0.6 is 11.6 Å². The first-order chi connectivity index (χ1) is 10.2. The minimum Gasteiger partial charge on any atom is -0.385 e. The number of carbonyl (C=O) groups excluding carboxylic acids is 1.